The molecule has 1 saturated carbocycles. The van der Waals surface area contributed by atoms with Crippen molar-refractivity contribution < 1.29 is 31.1 Å². The first-order valence-electron chi connectivity index (χ1n) is 12.0. The first kappa shape index (κ1) is 27.0. The molecule has 2 aliphatic rings. The molecule has 200 valence electrons. The van der Waals surface area contributed by atoms with Crippen LogP contribution < -0.4 is 11.1 Å². The molecule has 2 fully saturated rings. The number of nitrogens with one attached hydrogen (secondary N) is 2. The summed E-state index contributed by atoms with van der Waals surface area (Å²) in [6.45, 7) is 1.14. The second-order valence-corrected chi connectivity index (χ2v) is 10.1. The van der Waals surface area contributed by atoms with Crippen LogP contribution in [0.15, 0.2) is 36.4 Å². The van der Waals surface area contributed by atoms with Crippen molar-refractivity contribution in [3.63, 3.8) is 0 Å². The summed E-state index contributed by atoms with van der Waals surface area (Å²) in [4.78, 5) is 15.5. The molecule has 11 heteroatoms. The quantitative estimate of drug-likeness (QED) is 0.238. The number of likely N-dealkylation sites (tertiary alicyclic amines) is 1. The molecule has 0 spiro atoms. The maximum atomic E-state index is 13.4. The number of nitrogens with zero attached hydrogens (tertiary/aromatic N) is 1. The Morgan fingerprint density at radius 1 is 1.05 bits per heavy atom. The van der Waals surface area contributed by atoms with Crippen molar-refractivity contribution in [2.24, 2.45) is 11.3 Å². The molecule has 5 nitrogen and oxygen atoms in total. The molecule has 4 N–H and O–H groups in total. The van der Waals surface area contributed by atoms with E-state index in [1.54, 1.807) is 6.07 Å². The number of hydrogen-bond donors (Lipinski definition) is 3. The first-order chi connectivity index (χ1) is 17.3. The Hall–Kier alpha value is -3.08. The van der Waals surface area contributed by atoms with Crippen LogP contribution in [0.3, 0.4) is 0 Å². The Morgan fingerprint density at radius 2 is 1.70 bits per heavy atom. The highest BCUT2D eigenvalue weighted by molar-refractivity contribution is 5.85. The van der Waals surface area contributed by atoms with Gasteiger partial charge in [0.15, 0.2) is 0 Å². The van der Waals surface area contributed by atoms with Gasteiger partial charge in [0.25, 0.3) is 0 Å². The molecule has 1 amide bonds. The summed E-state index contributed by atoms with van der Waals surface area (Å²) in [5, 5.41) is 10.1. The topological polar surface area (TPSA) is 82.2 Å². The van der Waals surface area contributed by atoms with E-state index in [1.807, 2.05) is 12.1 Å². The third kappa shape index (κ3) is 6.44. The van der Waals surface area contributed by atoms with E-state index >= 15 is 0 Å². The van der Waals surface area contributed by atoms with Gasteiger partial charge in [-0.05, 0) is 66.8 Å². The van der Waals surface area contributed by atoms with E-state index in [4.69, 9.17) is 11.1 Å². The Morgan fingerprint density at radius 3 is 2.27 bits per heavy atom. The van der Waals surface area contributed by atoms with Crippen LogP contribution in [0.25, 0.3) is 0 Å². The molecule has 1 aliphatic heterocycles. The maximum absolute atomic E-state index is 13.4. The summed E-state index contributed by atoms with van der Waals surface area (Å²) in [6.07, 6.45) is -5.56. The van der Waals surface area contributed by atoms with Crippen LogP contribution >= 0.6 is 0 Å². The molecule has 2 aromatic rings. The normalized spacial score (nSPS) is 20.7. The Bertz CT molecular complexity index is 1140. The van der Waals surface area contributed by atoms with Crippen LogP contribution in [0.5, 0.6) is 0 Å². The number of nitrogen functional groups attached to an aromatic ring is 1. The van der Waals surface area contributed by atoms with Crippen LogP contribution in [0.2, 0.25) is 0 Å². The fourth-order valence-corrected chi connectivity index (χ4v) is 5.01. The molecule has 0 radical (unpaired) electrons. The van der Waals surface area contributed by atoms with E-state index in [0.717, 1.165) is 18.4 Å². The van der Waals surface area contributed by atoms with E-state index in [-0.39, 0.29) is 17.5 Å². The second-order valence-electron chi connectivity index (χ2n) is 10.1. The number of alkyl halides is 6. The van der Waals surface area contributed by atoms with Crippen LogP contribution in [0.4, 0.5) is 32.0 Å². The van der Waals surface area contributed by atoms with Crippen LogP contribution in [0.1, 0.15) is 53.5 Å². The molecule has 0 aromatic heterocycles. The van der Waals surface area contributed by atoms with Crippen molar-refractivity contribution in [3.05, 3.63) is 64.2 Å². The van der Waals surface area contributed by atoms with Crippen LogP contribution in [-0.4, -0.2) is 30.1 Å². The average Bonchev–Trinajstić information content (AvgIpc) is 3.55. The minimum Gasteiger partial charge on any atom is -0.398 e. The van der Waals surface area contributed by atoms with Gasteiger partial charge in [0.05, 0.1) is 16.5 Å². The largest absolute Gasteiger partial charge is 0.416 e. The number of benzene rings is 2. The molecule has 1 atom stereocenters. The minimum atomic E-state index is -4.95. The smallest absolute Gasteiger partial charge is 0.398 e. The number of hydrogen-bond acceptors (Lipinski definition) is 4. The highest BCUT2D eigenvalue weighted by Gasteiger charge is 2.47. The number of amides is 1. The molecule has 0 bridgehead atoms. The first-order valence-corrected chi connectivity index (χ1v) is 12.0. The average molecular weight is 527 g/mol. The predicted octanol–water partition coefficient (Wildman–Crippen LogP) is 5.61. The SMILES string of the molecule is N=Cc1cc(CN2CCC(CC3CC3)(C(=O)NCc3cc(C(F)(F)F)cc(C(F)(F)F)c3)C2)ccc1N. The third-order valence-electron chi connectivity index (χ3n) is 7.10. The summed E-state index contributed by atoms with van der Waals surface area (Å²) in [7, 11) is 0. The van der Waals surface area contributed by atoms with Gasteiger partial charge < -0.3 is 16.5 Å². The van der Waals surface area contributed by atoms with Gasteiger partial charge in [-0.3, -0.25) is 9.69 Å². The summed E-state index contributed by atoms with van der Waals surface area (Å²) < 4.78 is 79.2. The number of rotatable bonds is 8. The highest BCUT2D eigenvalue weighted by Crippen LogP contribution is 2.45. The fraction of sp³-hybridized carbons (Fsp3) is 0.462. The van der Waals surface area contributed by atoms with E-state index in [9.17, 15) is 31.1 Å². The van der Waals surface area contributed by atoms with Gasteiger partial charge in [0, 0.05) is 37.1 Å². The van der Waals surface area contributed by atoms with E-state index < -0.39 is 35.4 Å². The lowest BCUT2D eigenvalue weighted by Crippen LogP contribution is -2.43. The lowest BCUT2D eigenvalue weighted by Gasteiger charge is -2.29. The van der Waals surface area contributed by atoms with Gasteiger partial charge >= 0.3 is 12.4 Å². The molecule has 1 saturated heterocycles. The van der Waals surface area contributed by atoms with E-state index in [1.165, 1.54) is 6.21 Å². The fourth-order valence-electron chi connectivity index (χ4n) is 5.01. The van der Waals surface area contributed by atoms with Gasteiger partial charge in [0.1, 0.15) is 0 Å². The monoisotopic (exact) mass is 526 g/mol. The van der Waals surface area contributed by atoms with E-state index in [0.29, 0.717) is 61.8 Å². The van der Waals surface area contributed by atoms with Crippen molar-refractivity contribution in [2.45, 2.75) is 51.1 Å². The van der Waals surface area contributed by atoms with Crippen molar-refractivity contribution in [2.75, 3.05) is 18.8 Å². The molecular weight excluding hydrogens is 498 g/mol. The van der Waals surface area contributed by atoms with Gasteiger partial charge in [-0.15, -0.1) is 0 Å². The van der Waals surface area contributed by atoms with Crippen molar-refractivity contribution in [1.29, 1.82) is 5.41 Å². The lowest BCUT2D eigenvalue weighted by atomic mass is 9.80. The zero-order valence-electron chi connectivity index (χ0n) is 20.0. The number of carbonyl (C=O) groups is 1. The third-order valence-corrected chi connectivity index (χ3v) is 7.10. The molecule has 1 unspecified atom stereocenters. The number of carbonyl (C=O) groups excluding carboxylic acids is 1. The summed E-state index contributed by atoms with van der Waals surface area (Å²) in [5.41, 5.74) is 4.04. The van der Waals surface area contributed by atoms with Crippen LogP contribution in [-0.2, 0) is 30.2 Å². The zero-order chi connectivity index (χ0) is 27.0. The summed E-state index contributed by atoms with van der Waals surface area (Å²) in [6, 6.07) is 6.76. The van der Waals surface area contributed by atoms with Crippen LogP contribution in [0, 0.1) is 16.7 Å². The predicted molar refractivity (Wildman–Crippen MR) is 127 cm³/mol. The van der Waals surface area contributed by atoms with Crippen molar-refractivity contribution in [3.8, 4) is 0 Å². The Balaban J connectivity index is 1.49. The zero-order valence-corrected chi connectivity index (χ0v) is 20.0. The number of nitrogens with two attached hydrogens (primary N) is 1. The van der Waals surface area contributed by atoms with Gasteiger partial charge in [-0.2, -0.15) is 26.3 Å². The Kier molecular flexibility index (Phi) is 7.29. The minimum absolute atomic E-state index is 0.0792. The standard InChI is InChI=1S/C26H28F6N4O/c27-25(28,29)20-8-18(9-21(10-20)26(30,31)32)13-35-23(37)24(11-16-1-2-16)5-6-36(15-24)14-17-3-4-22(34)19(7-17)12-33/h3-4,7-10,12,16,33H,1-2,5-6,11,13-15,34H2,(H,35,37). The van der Waals surface area contributed by atoms with Gasteiger partial charge in [-0.1, -0.05) is 18.9 Å². The molecule has 1 heterocycles. The molecule has 37 heavy (non-hydrogen) atoms. The van der Waals surface area contributed by atoms with E-state index in [2.05, 4.69) is 10.2 Å². The Labute approximate surface area is 210 Å². The van der Waals surface area contributed by atoms with Gasteiger partial charge in [-0.25, -0.2) is 0 Å². The highest BCUT2D eigenvalue weighted by atomic mass is 19.4. The summed E-state index contributed by atoms with van der Waals surface area (Å²) >= 11 is 0. The molecule has 4 rings (SSSR count). The number of anilines is 1. The molecule has 2 aromatic carbocycles. The molecule has 1 aliphatic carbocycles. The number of halogens is 6. The van der Waals surface area contributed by atoms with Crippen molar-refractivity contribution >= 4 is 17.8 Å². The second kappa shape index (κ2) is 10.00. The lowest BCUT2D eigenvalue weighted by molar-refractivity contribution is -0.143. The summed E-state index contributed by atoms with van der Waals surface area (Å²) in [5.74, 6) is 0.0301. The maximum Gasteiger partial charge on any atom is 0.416 e. The van der Waals surface area contributed by atoms with Crippen molar-refractivity contribution in [1.82, 2.24) is 10.2 Å². The van der Waals surface area contributed by atoms with Gasteiger partial charge in [0.2, 0.25) is 5.91 Å². The molecular formula is C26H28F6N4O.